The van der Waals surface area contributed by atoms with Crippen molar-refractivity contribution in [1.29, 1.82) is 0 Å². The lowest BCUT2D eigenvalue weighted by molar-refractivity contribution is 0.388. The molecule has 0 saturated carbocycles. The van der Waals surface area contributed by atoms with E-state index in [2.05, 4.69) is 10.1 Å². The molecule has 0 amide bonds. The highest BCUT2D eigenvalue weighted by atomic mass is 35.5. The molecule has 0 radical (unpaired) electrons. The summed E-state index contributed by atoms with van der Waals surface area (Å²) in [6.07, 6.45) is 0. The van der Waals surface area contributed by atoms with E-state index < -0.39 is 0 Å². The first kappa shape index (κ1) is 10.9. The maximum absolute atomic E-state index is 11.7. The minimum absolute atomic E-state index is 0.196. The summed E-state index contributed by atoms with van der Waals surface area (Å²) in [5.41, 5.74) is 0.491. The largest absolute Gasteiger partial charge is 0.361 e. The molecule has 2 aromatic heterocycles. The molecule has 0 N–H and O–H groups in total. The maximum atomic E-state index is 11.7. The first-order chi connectivity index (χ1) is 7.56. The number of rotatable bonds is 2. The molecule has 6 heteroatoms. The first-order valence-electron chi connectivity index (χ1n) is 4.72. The molecule has 0 unspecified atom stereocenters. The van der Waals surface area contributed by atoms with Gasteiger partial charge in [0.1, 0.15) is 22.4 Å². The minimum atomic E-state index is -0.196. The number of aryl methyl sites for hydroxylation is 2. The van der Waals surface area contributed by atoms with Crippen LogP contribution in [0, 0.1) is 13.8 Å². The van der Waals surface area contributed by atoms with Gasteiger partial charge < -0.3 is 4.52 Å². The quantitative estimate of drug-likeness (QED) is 0.746. The van der Waals surface area contributed by atoms with E-state index in [9.17, 15) is 4.79 Å². The predicted molar refractivity (Wildman–Crippen MR) is 58.6 cm³/mol. The number of hydrogen-bond acceptors (Lipinski definition) is 4. The van der Waals surface area contributed by atoms with Gasteiger partial charge in [-0.1, -0.05) is 16.8 Å². The Labute approximate surface area is 96.7 Å². The fourth-order valence-electron chi connectivity index (χ4n) is 1.43. The van der Waals surface area contributed by atoms with E-state index in [0.29, 0.717) is 23.8 Å². The molecule has 0 aliphatic carbocycles. The van der Waals surface area contributed by atoms with Gasteiger partial charge in [-0.25, -0.2) is 4.98 Å². The average Bonchev–Trinajstić information content (AvgIpc) is 2.58. The molecule has 0 bridgehead atoms. The van der Waals surface area contributed by atoms with Crippen molar-refractivity contribution in [3.63, 3.8) is 0 Å². The molecule has 2 rings (SSSR count). The summed E-state index contributed by atoms with van der Waals surface area (Å²) in [6.45, 7) is 3.86. The number of aromatic nitrogens is 3. The predicted octanol–water partition coefficient (Wildman–Crippen LogP) is 1.55. The number of hydrogen-bond donors (Lipinski definition) is 0. The third-order valence-electron chi connectivity index (χ3n) is 2.16. The molecule has 0 aliphatic rings. The molecule has 0 atom stereocenters. The molecule has 0 fully saturated rings. The second-order valence-electron chi connectivity index (χ2n) is 3.48. The lowest BCUT2D eigenvalue weighted by Gasteiger charge is -2.06. The number of nitrogens with zero attached hydrogens (tertiary/aromatic N) is 3. The van der Waals surface area contributed by atoms with E-state index in [-0.39, 0.29) is 10.7 Å². The van der Waals surface area contributed by atoms with Crippen molar-refractivity contribution in [3.8, 4) is 0 Å². The second-order valence-corrected chi connectivity index (χ2v) is 3.87. The molecule has 0 spiro atoms. The van der Waals surface area contributed by atoms with Crippen molar-refractivity contribution in [2.75, 3.05) is 0 Å². The molecule has 2 aromatic rings. The van der Waals surface area contributed by atoms with Gasteiger partial charge in [0.05, 0.1) is 6.54 Å². The van der Waals surface area contributed by atoms with Gasteiger partial charge in [0.25, 0.3) is 5.56 Å². The average molecular weight is 240 g/mol. The van der Waals surface area contributed by atoms with Crippen molar-refractivity contribution in [3.05, 3.63) is 44.9 Å². The molecule has 0 saturated heterocycles. The van der Waals surface area contributed by atoms with Crippen molar-refractivity contribution in [2.24, 2.45) is 0 Å². The van der Waals surface area contributed by atoms with Crippen LogP contribution in [0.15, 0.2) is 21.5 Å². The SMILES string of the molecule is Cc1cc(Cn2c(C)nc(Cl)cc2=O)no1. The van der Waals surface area contributed by atoms with Crippen molar-refractivity contribution >= 4 is 11.6 Å². The van der Waals surface area contributed by atoms with Crippen LogP contribution in [-0.4, -0.2) is 14.7 Å². The second kappa shape index (κ2) is 4.09. The zero-order chi connectivity index (χ0) is 11.7. The van der Waals surface area contributed by atoms with Crippen molar-refractivity contribution in [2.45, 2.75) is 20.4 Å². The molecule has 5 nitrogen and oxygen atoms in total. The zero-order valence-electron chi connectivity index (χ0n) is 8.90. The number of halogens is 1. The highest BCUT2D eigenvalue weighted by Crippen LogP contribution is 2.06. The van der Waals surface area contributed by atoms with Crippen LogP contribution < -0.4 is 5.56 Å². The van der Waals surface area contributed by atoms with Crippen LogP contribution in [0.1, 0.15) is 17.3 Å². The van der Waals surface area contributed by atoms with Crippen LogP contribution in [0.3, 0.4) is 0 Å². The molecule has 16 heavy (non-hydrogen) atoms. The minimum Gasteiger partial charge on any atom is -0.361 e. The lowest BCUT2D eigenvalue weighted by atomic mass is 10.3. The van der Waals surface area contributed by atoms with Crippen LogP contribution >= 0.6 is 11.6 Å². The Balaban J connectivity index is 2.38. The van der Waals surface area contributed by atoms with Gasteiger partial charge in [-0.05, 0) is 13.8 Å². The van der Waals surface area contributed by atoms with E-state index >= 15 is 0 Å². The lowest BCUT2D eigenvalue weighted by Crippen LogP contribution is -2.23. The Morgan fingerprint density at radius 2 is 2.19 bits per heavy atom. The Kier molecular flexibility index (Phi) is 2.78. The van der Waals surface area contributed by atoms with Gasteiger partial charge in [-0.3, -0.25) is 9.36 Å². The fourth-order valence-corrected chi connectivity index (χ4v) is 1.65. The molecule has 0 aromatic carbocycles. The van der Waals surface area contributed by atoms with E-state index in [4.69, 9.17) is 16.1 Å². The summed E-state index contributed by atoms with van der Waals surface area (Å²) >= 11 is 5.67. The highest BCUT2D eigenvalue weighted by molar-refractivity contribution is 6.29. The highest BCUT2D eigenvalue weighted by Gasteiger charge is 2.07. The Bertz CT molecular complexity index is 574. The fraction of sp³-hybridized carbons (Fsp3) is 0.300. The van der Waals surface area contributed by atoms with E-state index in [0.717, 1.165) is 0 Å². The Morgan fingerprint density at radius 3 is 2.75 bits per heavy atom. The van der Waals surface area contributed by atoms with E-state index in [1.807, 2.05) is 0 Å². The van der Waals surface area contributed by atoms with Crippen molar-refractivity contribution < 1.29 is 4.52 Å². The zero-order valence-corrected chi connectivity index (χ0v) is 9.65. The third kappa shape index (κ3) is 2.14. The molecule has 84 valence electrons. The normalized spacial score (nSPS) is 10.7. The van der Waals surface area contributed by atoms with Crippen LogP contribution in [0.25, 0.3) is 0 Å². The van der Waals surface area contributed by atoms with E-state index in [1.165, 1.54) is 10.6 Å². The standard InChI is InChI=1S/C10H10ClN3O2/c1-6-3-8(13-16-6)5-14-7(2)12-9(11)4-10(14)15/h3-4H,5H2,1-2H3. The summed E-state index contributed by atoms with van der Waals surface area (Å²) in [7, 11) is 0. The summed E-state index contributed by atoms with van der Waals surface area (Å²) in [5, 5.41) is 4.02. The monoisotopic (exact) mass is 239 g/mol. The summed E-state index contributed by atoms with van der Waals surface area (Å²) in [4.78, 5) is 15.7. The molecule has 0 aliphatic heterocycles. The topological polar surface area (TPSA) is 60.9 Å². The summed E-state index contributed by atoms with van der Waals surface area (Å²) < 4.78 is 6.42. The molecule has 2 heterocycles. The van der Waals surface area contributed by atoms with Gasteiger partial charge >= 0.3 is 0 Å². The van der Waals surface area contributed by atoms with Crippen LogP contribution in [0.4, 0.5) is 0 Å². The van der Waals surface area contributed by atoms with Gasteiger partial charge in [0.2, 0.25) is 0 Å². The van der Waals surface area contributed by atoms with Crippen LogP contribution in [-0.2, 0) is 6.54 Å². The van der Waals surface area contributed by atoms with Gasteiger partial charge in [-0.2, -0.15) is 0 Å². The smallest absolute Gasteiger partial charge is 0.255 e. The van der Waals surface area contributed by atoms with Gasteiger partial charge in [0, 0.05) is 12.1 Å². The van der Waals surface area contributed by atoms with Crippen molar-refractivity contribution in [1.82, 2.24) is 14.7 Å². The third-order valence-corrected chi connectivity index (χ3v) is 2.36. The van der Waals surface area contributed by atoms with Gasteiger partial charge in [0.15, 0.2) is 0 Å². The molecular weight excluding hydrogens is 230 g/mol. The molecular formula is C10H10ClN3O2. The summed E-state index contributed by atoms with van der Waals surface area (Å²) in [6, 6.07) is 3.06. The summed E-state index contributed by atoms with van der Waals surface area (Å²) in [5.74, 6) is 1.26. The van der Waals surface area contributed by atoms with Crippen LogP contribution in [0.5, 0.6) is 0 Å². The van der Waals surface area contributed by atoms with E-state index in [1.54, 1.807) is 19.9 Å². The maximum Gasteiger partial charge on any atom is 0.255 e. The Morgan fingerprint density at radius 1 is 1.44 bits per heavy atom. The van der Waals surface area contributed by atoms with Gasteiger partial charge in [-0.15, -0.1) is 0 Å². The Hall–Kier alpha value is -1.62. The first-order valence-corrected chi connectivity index (χ1v) is 5.10. The van der Waals surface area contributed by atoms with Crippen LogP contribution in [0.2, 0.25) is 5.15 Å².